The topological polar surface area (TPSA) is 24.5 Å². The molecule has 3 nitrogen and oxygen atoms in total. The molecule has 1 aromatic carbocycles. The van der Waals surface area contributed by atoms with Gasteiger partial charge in [-0.25, -0.2) is 0 Å². The fraction of sp³-hybridized carbons (Fsp3) is 0.625. The van der Waals surface area contributed by atoms with Crippen LogP contribution in [0.5, 0.6) is 0 Å². The van der Waals surface area contributed by atoms with Crippen LogP contribution >= 0.6 is 11.6 Å². The molecule has 0 bridgehead atoms. The molecule has 1 aliphatic rings. The zero-order chi connectivity index (χ0) is 14.5. The highest BCUT2D eigenvalue weighted by Gasteiger charge is 2.29. The second kappa shape index (κ2) is 7.41. The lowest BCUT2D eigenvalue weighted by atomic mass is 10.0. The van der Waals surface area contributed by atoms with Gasteiger partial charge in [-0.15, -0.1) is 0 Å². The number of nitrogens with one attached hydrogen (secondary N) is 1. The highest BCUT2D eigenvalue weighted by molar-refractivity contribution is 6.30. The minimum absolute atomic E-state index is 0.358. The van der Waals surface area contributed by atoms with Gasteiger partial charge in [-0.3, -0.25) is 4.90 Å². The van der Waals surface area contributed by atoms with Gasteiger partial charge in [0.05, 0.1) is 13.2 Å². The van der Waals surface area contributed by atoms with E-state index in [0.29, 0.717) is 18.0 Å². The number of hydrogen-bond acceptors (Lipinski definition) is 3. The van der Waals surface area contributed by atoms with Crippen molar-refractivity contribution in [3.63, 3.8) is 0 Å². The summed E-state index contributed by atoms with van der Waals surface area (Å²) in [6, 6.07) is 8.97. The Bertz CT molecular complexity index is 427. The molecule has 0 aliphatic carbocycles. The van der Waals surface area contributed by atoms with Gasteiger partial charge in [0.25, 0.3) is 0 Å². The van der Waals surface area contributed by atoms with Crippen LogP contribution < -0.4 is 5.32 Å². The van der Waals surface area contributed by atoms with Gasteiger partial charge in [-0.2, -0.15) is 0 Å². The van der Waals surface area contributed by atoms with Crippen molar-refractivity contribution in [1.29, 1.82) is 0 Å². The van der Waals surface area contributed by atoms with Gasteiger partial charge >= 0.3 is 0 Å². The molecule has 1 saturated heterocycles. The van der Waals surface area contributed by atoms with Crippen LogP contribution in [0.4, 0.5) is 0 Å². The van der Waals surface area contributed by atoms with E-state index in [4.69, 9.17) is 16.3 Å². The number of benzene rings is 1. The molecule has 1 fully saturated rings. The molecule has 4 heteroatoms. The van der Waals surface area contributed by atoms with Crippen LogP contribution in [0.2, 0.25) is 5.02 Å². The Labute approximate surface area is 127 Å². The molecule has 1 N–H and O–H groups in total. The van der Waals surface area contributed by atoms with Crippen molar-refractivity contribution < 1.29 is 4.74 Å². The summed E-state index contributed by atoms with van der Waals surface area (Å²) in [5.74, 6) is 0.557. The third-order valence-corrected chi connectivity index (χ3v) is 4.41. The second-order valence-corrected chi connectivity index (χ2v) is 6.07. The SMILES string of the molecule is CCNC1COCC1CN(C)C(C)c1cccc(Cl)c1. The molecule has 1 heterocycles. The monoisotopic (exact) mass is 296 g/mol. The molecule has 20 heavy (non-hydrogen) atoms. The van der Waals surface area contributed by atoms with E-state index in [9.17, 15) is 0 Å². The zero-order valence-electron chi connectivity index (χ0n) is 12.6. The Hall–Kier alpha value is -0.610. The summed E-state index contributed by atoms with van der Waals surface area (Å²) in [4.78, 5) is 2.38. The number of nitrogens with zero attached hydrogens (tertiary/aromatic N) is 1. The highest BCUT2D eigenvalue weighted by atomic mass is 35.5. The van der Waals surface area contributed by atoms with Crippen molar-refractivity contribution >= 4 is 11.6 Å². The van der Waals surface area contributed by atoms with Crippen molar-refractivity contribution in [3.8, 4) is 0 Å². The fourth-order valence-electron chi connectivity index (χ4n) is 2.82. The molecule has 0 saturated carbocycles. The lowest BCUT2D eigenvalue weighted by Crippen LogP contribution is -2.41. The van der Waals surface area contributed by atoms with Crippen LogP contribution in [0.3, 0.4) is 0 Å². The van der Waals surface area contributed by atoms with Gasteiger partial charge in [0.15, 0.2) is 0 Å². The summed E-state index contributed by atoms with van der Waals surface area (Å²) in [7, 11) is 2.17. The molecular weight excluding hydrogens is 272 g/mol. The quantitative estimate of drug-likeness (QED) is 0.873. The summed E-state index contributed by atoms with van der Waals surface area (Å²) in [6.07, 6.45) is 0. The standard InChI is InChI=1S/C16H25ClN2O/c1-4-18-16-11-20-10-14(16)9-19(3)12(2)13-6-5-7-15(17)8-13/h5-8,12,14,16,18H,4,9-11H2,1-3H3. The third-order valence-electron chi connectivity index (χ3n) is 4.18. The number of rotatable bonds is 6. The van der Waals surface area contributed by atoms with E-state index in [-0.39, 0.29) is 0 Å². The van der Waals surface area contributed by atoms with Crippen LogP contribution in [0.25, 0.3) is 0 Å². The minimum Gasteiger partial charge on any atom is -0.379 e. The van der Waals surface area contributed by atoms with Gasteiger partial charge in [0, 0.05) is 29.6 Å². The Kier molecular flexibility index (Phi) is 5.85. The fourth-order valence-corrected chi connectivity index (χ4v) is 3.01. The molecule has 0 aromatic heterocycles. The van der Waals surface area contributed by atoms with Gasteiger partial charge in [0.1, 0.15) is 0 Å². The van der Waals surface area contributed by atoms with E-state index >= 15 is 0 Å². The smallest absolute Gasteiger partial charge is 0.0623 e. The molecule has 0 radical (unpaired) electrons. The first-order valence-corrected chi connectivity index (χ1v) is 7.76. The predicted molar refractivity (Wildman–Crippen MR) is 84.3 cm³/mol. The first-order chi connectivity index (χ1) is 9.61. The highest BCUT2D eigenvalue weighted by Crippen LogP contribution is 2.24. The predicted octanol–water partition coefficient (Wildman–Crippen LogP) is 2.96. The number of ether oxygens (including phenoxy) is 1. The van der Waals surface area contributed by atoms with Crippen molar-refractivity contribution in [2.24, 2.45) is 5.92 Å². The lowest BCUT2D eigenvalue weighted by molar-refractivity contribution is 0.164. The molecular formula is C16H25ClN2O. The lowest BCUT2D eigenvalue weighted by Gasteiger charge is -2.29. The first-order valence-electron chi connectivity index (χ1n) is 7.38. The molecule has 1 aromatic rings. The Morgan fingerprint density at radius 3 is 2.95 bits per heavy atom. The van der Waals surface area contributed by atoms with Crippen molar-refractivity contribution in [3.05, 3.63) is 34.9 Å². The average molecular weight is 297 g/mol. The Balaban J connectivity index is 1.95. The van der Waals surface area contributed by atoms with Gasteiger partial charge in [-0.05, 0) is 38.2 Å². The summed E-state index contributed by atoms with van der Waals surface area (Å²) in [5.41, 5.74) is 1.26. The van der Waals surface area contributed by atoms with Crippen molar-refractivity contribution in [1.82, 2.24) is 10.2 Å². The van der Waals surface area contributed by atoms with Gasteiger partial charge in [-0.1, -0.05) is 30.7 Å². The van der Waals surface area contributed by atoms with Crippen molar-refractivity contribution in [2.75, 3.05) is 33.4 Å². The molecule has 0 spiro atoms. The summed E-state index contributed by atoms with van der Waals surface area (Å²) in [6.45, 7) is 8.09. The van der Waals surface area contributed by atoms with E-state index in [2.05, 4.69) is 43.2 Å². The normalized spacial score (nSPS) is 24.2. The minimum atomic E-state index is 0.358. The molecule has 1 aliphatic heterocycles. The molecule has 3 atom stereocenters. The van der Waals surface area contributed by atoms with Crippen LogP contribution in [0.15, 0.2) is 24.3 Å². The second-order valence-electron chi connectivity index (χ2n) is 5.63. The number of hydrogen-bond donors (Lipinski definition) is 1. The number of likely N-dealkylation sites (N-methyl/N-ethyl adjacent to an activating group) is 1. The van der Waals surface area contributed by atoms with E-state index < -0.39 is 0 Å². The Morgan fingerprint density at radius 2 is 2.25 bits per heavy atom. The van der Waals surface area contributed by atoms with Crippen LogP contribution in [-0.4, -0.2) is 44.3 Å². The van der Waals surface area contributed by atoms with Gasteiger partial charge < -0.3 is 10.1 Å². The molecule has 2 rings (SSSR count). The maximum absolute atomic E-state index is 6.08. The summed E-state index contributed by atoms with van der Waals surface area (Å²) < 4.78 is 5.62. The maximum Gasteiger partial charge on any atom is 0.0623 e. The van der Waals surface area contributed by atoms with Crippen LogP contribution in [-0.2, 0) is 4.74 Å². The van der Waals surface area contributed by atoms with Gasteiger partial charge in [0.2, 0.25) is 0 Å². The maximum atomic E-state index is 6.08. The Morgan fingerprint density at radius 1 is 1.45 bits per heavy atom. The summed E-state index contributed by atoms with van der Waals surface area (Å²) in [5, 5.41) is 4.32. The molecule has 3 unspecified atom stereocenters. The van der Waals surface area contributed by atoms with E-state index in [1.54, 1.807) is 0 Å². The van der Waals surface area contributed by atoms with Crippen LogP contribution in [0.1, 0.15) is 25.5 Å². The van der Waals surface area contributed by atoms with E-state index in [1.165, 1.54) is 5.56 Å². The van der Waals surface area contributed by atoms with Crippen LogP contribution in [0, 0.1) is 5.92 Å². The molecule has 112 valence electrons. The molecule has 0 amide bonds. The third kappa shape index (κ3) is 3.95. The first kappa shape index (κ1) is 15.8. The largest absolute Gasteiger partial charge is 0.379 e. The van der Waals surface area contributed by atoms with Crippen molar-refractivity contribution in [2.45, 2.75) is 25.9 Å². The van der Waals surface area contributed by atoms with E-state index in [1.807, 2.05) is 12.1 Å². The zero-order valence-corrected chi connectivity index (χ0v) is 13.4. The number of halogens is 1. The average Bonchev–Trinajstić information content (AvgIpc) is 2.85. The summed E-state index contributed by atoms with van der Waals surface area (Å²) >= 11 is 6.08. The van der Waals surface area contributed by atoms with E-state index in [0.717, 1.165) is 31.3 Å².